The summed E-state index contributed by atoms with van der Waals surface area (Å²) in [6.45, 7) is 2.41. The molecule has 3 aromatic carbocycles. The van der Waals surface area contributed by atoms with Crippen molar-refractivity contribution in [2.45, 2.75) is 13.5 Å². The summed E-state index contributed by atoms with van der Waals surface area (Å²) in [7, 11) is 1.54. The molecule has 0 aliphatic carbocycles. The van der Waals surface area contributed by atoms with Gasteiger partial charge in [0.2, 0.25) is 0 Å². The van der Waals surface area contributed by atoms with Crippen molar-refractivity contribution in [2.75, 3.05) is 12.4 Å². The molecule has 0 saturated carbocycles. The van der Waals surface area contributed by atoms with Crippen molar-refractivity contribution in [3.05, 3.63) is 91.9 Å². The van der Waals surface area contributed by atoms with Gasteiger partial charge in [-0.15, -0.1) is 0 Å². The molecule has 0 aliphatic rings. The van der Waals surface area contributed by atoms with Gasteiger partial charge in [-0.25, -0.2) is 0 Å². The molecule has 0 aromatic heterocycles. The zero-order chi connectivity index (χ0) is 23.1. The lowest BCUT2D eigenvalue weighted by Gasteiger charge is -2.14. The number of hydrogen-bond acceptors (Lipinski definition) is 4. The van der Waals surface area contributed by atoms with Crippen LogP contribution in [0.15, 0.2) is 75.2 Å². The van der Waals surface area contributed by atoms with Gasteiger partial charge in [0.15, 0.2) is 11.5 Å². The van der Waals surface area contributed by atoms with Crippen LogP contribution >= 0.6 is 31.9 Å². The summed E-state index contributed by atoms with van der Waals surface area (Å²) in [5.74, 6) is 0.533. The van der Waals surface area contributed by atoms with Gasteiger partial charge in [-0.05, 0) is 70.4 Å². The normalized spacial score (nSPS) is 10.9. The van der Waals surface area contributed by atoms with E-state index in [0.29, 0.717) is 33.8 Å². The number of nitrogens with zero attached hydrogens (tertiary/aromatic N) is 1. The highest BCUT2D eigenvalue weighted by Gasteiger charge is 2.14. The van der Waals surface area contributed by atoms with Crippen molar-refractivity contribution in [3.63, 3.8) is 0 Å². The molecule has 0 unspecified atom stereocenters. The Bertz CT molecular complexity index is 1200. The fourth-order valence-electron chi connectivity index (χ4n) is 2.88. The van der Waals surface area contributed by atoms with E-state index < -0.39 is 5.91 Å². The van der Waals surface area contributed by atoms with E-state index in [-0.39, 0.29) is 5.57 Å². The Kier molecular flexibility index (Phi) is 8.09. The standard InChI is InChI=1S/C25H20Br2N2O3/c1-16-6-8-17(9-7-16)15-32-24-22(27)11-18(12-23(24)31-2)10-19(14-28)25(30)29-21-5-3-4-20(26)13-21/h3-13H,15H2,1-2H3,(H,29,30)/b19-10-. The number of carbonyl (C=O) groups excluding carboxylic acids is 1. The molecule has 0 fully saturated rings. The van der Waals surface area contributed by atoms with Crippen molar-refractivity contribution in [2.24, 2.45) is 0 Å². The van der Waals surface area contributed by atoms with Crippen LogP contribution in [0, 0.1) is 18.3 Å². The van der Waals surface area contributed by atoms with E-state index in [1.807, 2.05) is 43.3 Å². The van der Waals surface area contributed by atoms with E-state index in [2.05, 4.69) is 37.2 Å². The summed E-state index contributed by atoms with van der Waals surface area (Å²) in [5, 5.41) is 12.2. The molecule has 3 aromatic rings. The van der Waals surface area contributed by atoms with Crippen molar-refractivity contribution < 1.29 is 14.3 Å². The summed E-state index contributed by atoms with van der Waals surface area (Å²) < 4.78 is 12.9. The fraction of sp³-hybridized carbons (Fsp3) is 0.120. The monoisotopic (exact) mass is 554 g/mol. The number of amides is 1. The minimum atomic E-state index is -0.500. The van der Waals surface area contributed by atoms with Crippen molar-refractivity contribution >= 4 is 49.5 Å². The molecule has 32 heavy (non-hydrogen) atoms. The van der Waals surface area contributed by atoms with Gasteiger partial charge in [0, 0.05) is 10.2 Å². The van der Waals surface area contributed by atoms with Crippen LogP contribution in [0.2, 0.25) is 0 Å². The molecule has 0 radical (unpaired) electrons. The average molecular weight is 556 g/mol. The summed E-state index contributed by atoms with van der Waals surface area (Å²) >= 11 is 6.87. The van der Waals surface area contributed by atoms with Crippen LogP contribution in [-0.2, 0) is 11.4 Å². The fourth-order valence-corrected chi connectivity index (χ4v) is 3.86. The van der Waals surface area contributed by atoms with E-state index in [0.717, 1.165) is 10.0 Å². The Morgan fingerprint density at radius 3 is 2.53 bits per heavy atom. The lowest BCUT2D eigenvalue weighted by molar-refractivity contribution is -0.112. The summed E-state index contributed by atoms with van der Waals surface area (Å²) in [6, 6.07) is 20.7. The molecule has 0 heterocycles. The van der Waals surface area contributed by atoms with Crippen molar-refractivity contribution in [3.8, 4) is 17.6 Å². The van der Waals surface area contributed by atoms with Crippen LogP contribution in [0.3, 0.4) is 0 Å². The zero-order valence-electron chi connectivity index (χ0n) is 17.5. The summed E-state index contributed by atoms with van der Waals surface area (Å²) in [6.07, 6.45) is 1.50. The Hall–Kier alpha value is -3.08. The second kappa shape index (κ2) is 11.0. The van der Waals surface area contributed by atoms with E-state index in [9.17, 15) is 10.1 Å². The van der Waals surface area contributed by atoms with Gasteiger partial charge in [-0.3, -0.25) is 4.79 Å². The van der Waals surface area contributed by atoms with Crippen LogP contribution in [-0.4, -0.2) is 13.0 Å². The Morgan fingerprint density at radius 2 is 1.88 bits per heavy atom. The first-order chi connectivity index (χ1) is 15.4. The highest BCUT2D eigenvalue weighted by molar-refractivity contribution is 9.10. The quantitative estimate of drug-likeness (QED) is 0.261. The molecular formula is C25H20Br2N2O3. The molecule has 5 nitrogen and oxygen atoms in total. The van der Waals surface area contributed by atoms with Gasteiger partial charge in [-0.2, -0.15) is 5.26 Å². The first-order valence-electron chi connectivity index (χ1n) is 9.64. The van der Waals surface area contributed by atoms with E-state index >= 15 is 0 Å². The zero-order valence-corrected chi connectivity index (χ0v) is 20.7. The van der Waals surface area contributed by atoms with Gasteiger partial charge in [0.25, 0.3) is 5.91 Å². The number of nitriles is 1. The largest absolute Gasteiger partial charge is 0.493 e. The Labute approximate surface area is 203 Å². The van der Waals surface area contributed by atoms with Gasteiger partial charge in [0.05, 0.1) is 11.6 Å². The molecule has 1 N–H and O–H groups in total. The molecule has 0 bridgehead atoms. The minimum Gasteiger partial charge on any atom is -0.493 e. The van der Waals surface area contributed by atoms with Crippen LogP contribution in [0.5, 0.6) is 11.5 Å². The molecule has 0 aliphatic heterocycles. The average Bonchev–Trinajstić information content (AvgIpc) is 2.77. The number of aryl methyl sites for hydroxylation is 1. The number of rotatable bonds is 7. The van der Waals surface area contributed by atoms with E-state index in [1.165, 1.54) is 11.6 Å². The highest BCUT2D eigenvalue weighted by atomic mass is 79.9. The minimum absolute atomic E-state index is 0.0350. The molecule has 0 spiro atoms. The molecule has 1 amide bonds. The number of benzene rings is 3. The summed E-state index contributed by atoms with van der Waals surface area (Å²) in [4.78, 5) is 12.6. The predicted octanol–water partition coefficient (Wildman–Crippen LogP) is 6.65. The lowest BCUT2D eigenvalue weighted by atomic mass is 10.1. The first kappa shape index (κ1) is 23.6. The maximum atomic E-state index is 12.6. The number of methoxy groups -OCH3 is 1. The highest BCUT2D eigenvalue weighted by Crippen LogP contribution is 2.37. The topological polar surface area (TPSA) is 71.3 Å². The third kappa shape index (κ3) is 6.22. The molecular weight excluding hydrogens is 536 g/mol. The molecule has 0 saturated heterocycles. The number of nitrogens with one attached hydrogen (secondary N) is 1. The third-order valence-corrected chi connectivity index (χ3v) is 5.60. The number of anilines is 1. The SMILES string of the molecule is COc1cc(/C=C(/C#N)C(=O)Nc2cccc(Br)c2)cc(Br)c1OCc1ccc(C)cc1. The van der Waals surface area contributed by atoms with Gasteiger partial charge in [-0.1, -0.05) is 51.8 Å². The van der Waals surface area contributed by atoms with Crippen molar-refractivity contribution in [1.29, 1.82) is 5.26 Å². The first-order valence-corrected chi connectivity index (χ1v) is 11.2. The predicted molar refractivity (Wildman–Crippen MR) is 133 cm³/mol. The third-order valence-electron chi connectivity index (χ3n) is 4.51. The van der Waals surface area contributed by atoms with Crippen LogP contribution in [0.25, 0.3) is 6.08 Å². The number of carbonyl (C=O) groups is 1. The molecule has 7 heteroatoms. The molecule has 0 atom stereocenters. The summed E-state index contributed by atoms with van der Waals surface area (Å²) in [5.41, 5.74) is 3.39. The number of halogens is 2. The number of hydrogen-bond donors (Lipinski definition) is 1. The number of ether oxygens (including phenoxy) is 2. The van der Waals surface area contributed by atoms with Gasteiger partial charge in [0.1, 0.15) is 18.2 Å². The van der Waals surface area contributed by atoms with E-state index in [1.54, 1.807) is 37.4 Å². The smallest absolute Gasteiger partial charge is 0.266 e. The van der Waals surface area contributed by atoms with Gasteiger partial charge < -0.3 is 14.8 Å². The van der Waals surface area contributed by atoms with Crippen LogP contribution < -0.4 is 14.8 Å². The maximum Gasteiger partial charge on any atom is 0.266 e. The second-order valence-corrected chi connectivity index (χ2v) is 8.71. The second-order valence-electron chi connectivity index (χ2n) is 6.94. The molecule has 3 rings (SSSR count). The van der Waals surface area contributed by atoms with Crippen LogP contribution in [0.1, 0.15) is 16.7 Å². The van der Waals surface area contributed by atoms with Crippen molar-refractivity contribution in [1.82, 2.24) is 0 Å². The Morgan fingerprint density at radius 1 is 1.12 bits per heavy atom. The molecule has 162 valence electrons. The maximum absolute atomic E-state index is 12.6. The lowest BCUT2D eigenvalue weighted by Crippen LogP contribution is -2.13. The Balaban J connectivity index is 1.81. The van der Waals surface area contributed by atoms with Crippen LogP contribution in [0.4, 0.5) is 5.69 Å². The van der Waals surface area contributed by atoms with E-state index in [4.69, 9.17) is 9.47 Å². The van der Waals surface area contributed by atoms with Gasteiger partial charge >= 0.3 is 0 Å².